The van der Waals surface area contributed by atoms with Crippen LogP contribution in [0.3, 0.4) is 0 Å². The van der Waals surface area contributed by atoms with Crippen LogP contribution in [0.5, 0.6) is 0 Å². The van der Waals surface area contributed by atoms with Crippen LogP contribution < -0.4 is 20.8 Å². The molecule has 3 rings (SSSR count). The molecule has 1 aliphatic heterocycles. The third kappa shape index (κ3) is 3.78. The number of hydrogen-bond donors (Lipinski definition) is 2. The number of sulfonamides is 1. The summed E-state index contributed by atoms with van der Waals surface area (Å²) in [7, 11) is -3.84. The third-order valence-electron chi connectivity index (χ3n) is 4.09. The van der Waals surface area contributed by atoms with Gasteiger partial charge in [-0.25, -0.2) is 18.6 Å². The standard InChI is InChI=1S/C17H16BrN5O3S2/c1-2-22-14-8-3-10(18)9-13(14)15(16(22)24)21-23(17(19)27)11-4-6-12(7-5-11)28(20,25)26/h3-9H,2H2,1H3,(H2,19,27)(H2,20,25,26)/b21-15-. The average molecular weight is 482 g/mol. The minimum Gasteiger partial charge on any atom is -0.374 e. The Labute approximate surface area is 176 Å². The lowest BCUT2D eigenvalue weighted by Crippen LogP contribution is -2.35. The van der Waals surface area contributed by atoms with Crippen molar-refractivity contribution in [3.8, 4) is 0 Å². The molecule has 1 heterocycles. The number of rotatable bonds is 4. The Morgan fingerprint density at radius 1 is 1.25 bits per heavy atom. The number of carbonyl (C=O) groups excluding carboxylic acids is 1. The van der Waals surface area contributed by atoms with Gasteiger partial charge in [0.15, 0.2) is 10.8 Å². The number of halogens is 1. The van der Waals surface area contributed by atoms with Gasteiger partial charge in [0.2, 0.25) is 10.0 Å². The first-order valence-electron chi connectivity index (χ1n) is 8.06. The van der Waals surface area contributed by atoms with Gasteiger partial charge < -0.3 is 10.6 Å². The van der Waals surface area contributed by atoms with Gasteiger partial charge in [-0.05, 0) is 61.6 Å². The Bertz CT molecular complexity index is 1100. The van der Waals surface area contributed by atoms with Crippen LogP contribution in [0, 0.1) is 0 Å². The lowest BCUT2D eigenvalue weighted by molar-refractivity contribution is -0.112. The van der Waals surface area contributed by atoms with Gasteiger partial charge in [-0.1, -0.05) is 15.9 Å². The molecule has 28 heavy (non-hydrogen) atoms. The number of benzene rings is 2. The number of nitrogens with two attached hydrogens (primary N) is 2. The lowest BCUT2D eigenvalue weighted by atomic mass is 10.1. The van der Waals surface area contributed by atoms with E-state index >= 15 is 0 Å². The Kier molecular flexibility index (Phi) is 5.53. The summed E-state index contributed by atoms with van der Waals surface area (Å²) in [5.41, 5.74) is 7.76. The van der Waals surface area contributed by atoms with Crippen molar-refractivity contribution in [3.05, 3.63) is 52.5 Å². The number of nitrogens with zero attached hydrogens (tertiary/aromatic N) is 3. The molecular weight excluding hydrogens is 466 g/mol. The maximum Gasteiger partial charge on any atom is 0.279 e. The van der Waals surface area contributed by atoms with E-state index in [0.717, 1.165) is 10.2 Å². The summed E-state index contributed by atoms with van der Waals surface area (Å²) >= 11 is 8.48. The van der Waals surface area contributed by atoms with Gasteiger partial charge in [0.05, 0.1) is 16.3 Å². The Hall–Kier alpha value is -2.34. The molecule has 0 spiro atoms. The molecule has 0 saturated heterocycles. The number of fused-ring (bicyclic) bond motifs is 1. The second-order valence-corrected chi connectivity index (χ2v) is 8.74. The van der Waals surface area contributed by atoms with Crippen LogP contribution in [0.2, 0.25) is 0 Å². The van der Waals surface area contributed by atoms with Crippen LogP contribution in [0.1, 0.15) is 12.5 Å². The molecular formula is C17H16BrN5O3S2. The number of amides is 1. The van der Waals surface area contributed by atoms with Crippen LogP contribution >= 0.6 is 28.1 Å². The molecule has 0 aromatic heterocycles. The largest absolute Gasteiger partial charge is 0.374 e. The molecule has 0 bridgehead atoms. The van der Waals surface area contributed by atoms with Crippen LogP contribution in [0.4, 0.5) is 11.4 Å². The summed E-state index contributed by atoms with van der Waals surface area (Å²) in [5.74, 6) is -0.280. The van der Waals surface area contributed by atoms with E-state index in [4.69, 9.17) is 23.1 Å². The van der Waals surface area contributed by atoms with Gasteiger partial charge in [0.25, 0.3) is 5.91 Å². The SMILES string of the molecule is CCN1C(=O)/C(=N\N(C(N)=S)c2ccc(S(N)(=O)=O)cc2)c2cc(Br)ccc21. The van der Waals surface area contributed by atoms with E-state index in [0.29, 0.717) is 17.8 Å². The van der Waals surface area contributed by atoms with E-state index in [-0.39, 0.29) is 21.6 Å². The molecule has 0 aliphatic carbocycles. The molecule has 8 nitrogen and oxygen atoms in total. The maximum atomic E-state index is 12.9. The van der Waals surface area contributed by atoms with Crippen molar-refractivity contribution < 1.29 is 13.2 Å². The fraction of sp³-hybridized carbons (Fsp3) is 0.118. The molecule has 0 unspecified atom stereocenters. The molecule has 1 aliphatic rings. The predicted octanol–water partition coefficient (Wildman–Crippen LogP) is 1.92. The van der Waals surface area contributed by atoms with E-state index in [1.165, 1.54) is 29.3 Å². The second-order valence-electron chi connectivity index (χ2n) is 5.85. The number of hydrazone groups is 1. The minimum absolute atomic E-state index is 0.0600. The van der Waals surface area contributed by atoms with Crippen molar-refractivity contribution in [1.82, 2.24) is 0 Å². The quantitative estimate of drug-likeness (QED) is 0.507. The lowest BCUT2D eigenvalue weighted by Gasteiger charge is -2.18. The van der Waals surface area contributed by atoms with Crippen molar-refractivity contribution >= 4 is 66.3 Å². The fourth-order valence-corrected chi connectivity index (χ4v) is 3.83. The minimum atomic E-state index is -3.84. The highest BCUT2D eigenvalue weighted by Crippen LogP contribution is 2.32. The van der Waals surface area contributed by atoms with Gasteiger partial charge >= 0.3 is 0 Å². The molecule has 2 aromatic carbocycles. The van der Waals surface area contributed by atoms with Crippen molar-refractivity contribution in [2.45, 2.75) is 11.8 Å². The first-order chi connectivity index (χ1) is 13.1. The molecule has 0 radical (unpaired) electrons. The van der Waals surface area contributed by atoms with Gasteiger partial charge in [-0.2, -0.15) is 5.10 Å². The van der Waals surface area contributed by atoms with Crippen molar-refractivity contribution in [2.75, 3.05) is 16.5 Å². The zero-order chi connectivity index (χ0) is 20.6. The number of anilines is 2. The highest BCUT2D eigenvalue weighted by molar-refractivity contribution is 9.10. The number of carbonyl (C=O) groups is 1. The van der Waals surface area contributed by atoms with Crippen LogP contribution in [-0.2, 0) is 14.8 Å². The summed E-state index contributed by atoms with van der Waals surface area (Å²) < 4.78 is 23.7. The molecule has 2 aromatic rings. The smallest absolute Gasteiger partial charge is 0.279 e. The highest BCUT2D eigenvalue weighted by atomic mass is 79.9. The van der Waals surface area contributed by atoms with Crippen LogP contribution in [-0.4, -0.2) is 31.7 Å². The average Bonchev–Trinajstić information content (AvgIpc) is 2.89. The first kappa shape index (κ1) is 20.4. The van der Waals surface area contributed by atoms with E-state index in [2.05, 4.69) is 21.0 Å². The summed E-state index contributed by atoms with van der Waals surface area (Å²) in [6, 6.07) is 11.0. The zero-order valence-corrected chi connectivity index (χ0v) is 17.9. The monoisotopic (exact) mass is 481 g/mol. The van der Waals surface area contributed by atoms with Gasteiger partial charge in [0, 0.05) is 16.6 Å². The highest BCUT2D eigenvalue weighted by Gasteiger charge is 2.34. The van der Waals surface area contributed by atoms with E-state index in [9.17, 15) is 13.2 Å². The molecule has 0 atom stereocenters. The Balaban J connectivity index is 2.10. The summed E-state index contributed by atoms with van der Waals surface area (Å²) in [6.07, 6.45) is 0. The Morgan fingerprint density at radius 3 is 2.43 bits per heavy atom. The Morgan fingerprint density at radius 2 is 1.89 bits per heavy atom. The molecule has 11 heteroatoms. The third-order valence-corrected chi connectivity index (χ3v) is 5.68. The van der Waals surface area contributed by atoms with Crippen LogP contribution in [0.15, 0.2) is 56.9 Å². The zero-order valence-electron chi connectivity index (χ0n) is 14.7. The first-order valence-corrected chi connectivity index (χ1v) is 10.8. The molecule has 0 saturated carbocycles. The maximum absolute atomic E-state index is 12.9. The second kappa shape index (κ2) is 7.59. The molecule has 4 N–H and O–H groups in total. The number of primary sulfonamides is 1. The number of likely N-dealkylation sites (N-methyl/N-ethyl adjacent to an activating group) is 1. The fourth-order valence-electron chi connectivity index (χ4n) is 2.81. The summed E-state index contributed by atoms with van der Waals surface area (Å²) in [5, 5.41) is 10.6. The predicted molar refractivity (Wildman–Crippen MR) is 116 cm³/mol. The topological polar surface area (TPSA) is 122 Å². The van der Waals surface area contributed by atoms with Crippen molar-refractivity contribution in [2.24, 2.45) is 16.0 Å². The van der Waals surface area contributed by atoms with Crippen molar-refractivity contribution in [3.63, 3.8) is 0 Å². The number of hydrogen-bond acceptors (Lipinski definition) is 5. The summed E-state index contributed by atoms with van der Waals surface area (Å²) in [4.78, 5) is 14.4. The molecule has 1 amide bonds. The van der Waals surface area contributed by atoms with E-state index in [1.54, 1.807) is 11.0 Å². The normalized spacial score (nSPS) is 15.0. The summed E-state index contributed by atoms with van der Waals surface area (Å²) in [6.45, 7) is 2.34. The van der Waals surface area contributed by atoms with Gasteiger partial charge in [0.1, 0.15) is 0 Å². The van der Waals surface area contributed by atoms with Crippen LogP contribution in [0.25, 0.3) is 0 Å². The van der Waals surface area contributed by atoms with Crippen molar-refractivity contribution in [1.29, 1.82) is 0 Å². The van der Waals surface area contributed by atoms with E-state index in [1.807, 2.05) is 19.1 Å². The van der Waals surface area contributed by atoms with Gasteiger partial charge in [-0.15, -0.1) is 0 Å². The number of thiocarbonyl (C=S) groups is 1. The van der Waals surface area contributed by atoms with E-state index < -0.39 is 10.0 Å². The van der Waals surface area contributed by atoms with Gasteiger partial charge in [-0.3, -0.25) is 4.79 Å². The molecule has 0 fully saturated rings. The molecule has 146 valence electrons.